The van der Waals surface area contributed by atoms with Gasteiger partial charge < -0.3 is 23.9 Å². The van der Waals surface area contributed by atoms with Crippen LogP contribution in [0.1, 0.15) is 5.76 Å². The van der Waals surface area contributed by atoms with E-state index < -0.39 is 5.91 Å². The molecule has 1 aliphatic heterocycles. The minimum atomic E-state index is -0.549. The molecule has 140 valence electrons. The van der Waals surface area contributed by atoms with Crippen molar-refractivity contribution in [3.63, 3.8) is 0 Å². The molecule has 28 heavy (non-hydrogen) atoms. The molecule has 1 aliphatic rings. The maximum Gasteiger partial charge on any atom is 0.266 e. The molecule has 0 fully saturated rings. The van der Waals surface area contributed by atoms with Gasteiger partial charge in [-0.2, -0.15) is 5.26 Å². The third-order valence-corrected chi connectivity index (χ3v) is 4.20. The molecule has 4 rings (SSSR count). The second-order valence-electron chi connectivity index (χ2n) is 6.01. The summed E-state index contributed by atoms with van der Waals surface area (Å²) in [6.45, 7) is 0.936. The molecule has 0 bridgehead atoms. The van der Waals surface area contributed by atoms with Crippen LogP contribution < -0.4 is 19.5 Å². The topological polar surface area (TPSA) is 93.7 Å². The molecule has 0 saturated heterocycles. The van der Waals surface area contributed by atoms with E-state index in [1.54, 1.807) is 37.4 Å². The molecule has 0 unspecified atom stereocenters. The Morgan fingerprint density at radius 2 is 2.00 bits per heavy atom. The maximum absolute atomic E-state index is 12.5. The van der Waals surface area contributed by atoms with E-state index in [0.29, 0.717) is 47.5 Å². The molecule has 7 heteroatoms. The van der Waals surface area contributed by atoms with E-state index in [9.17, 15) is 10.1 Å². The monoisotopic (exact) mass is 376 g/mol. The third kappa shape index (κ3) is 3.35. The second-order valence-corrected chi connectivity index (χ2v) is 6.01. The largest absolute Gasteiger partial charge is 0.493 e. The van der Waals surface area contributed by atoms with Crippen molar-refractivity contribution in [2.75, 3.05) is 25.6 Å². The lowest BCUT2D eigenvalue weighted by molar-refractivity contribution is -0.112. The molecule has 1 aromatic heterocycles. The number of anilines is 1. The zero-order chi connectivity index (χ0) is 19.5. The van der Waals surface area contributed by atoms with Crippen molar-refractivity contribution in [2.45, 2.75) is 0 Å². The Bertz CT molecular complexity index is 1120. The normalized spacial score (nSPS) is 13.1. The number of methoxy groups -OCH3 is 1. The van der Waals surface area contributed by atoms with Crippen LogP contribution in [0.2, 0.25) is 0 Å². The van der Waals surface area contributed by atoms with Gasteiger partial charge in [0.15, 0.2) is 22.8 Å². The van der Waals surface area contributed by atoms with Gasteiger partial charge in [0.05, 0.1) is 7.11 Å². The zero-order valence-electron chi connectivity index (χ0n) is 15.0. The molecular formula is C21H16N2O5. The summed E-state index contributed by atoms with van der Waals surface area (Å²) < 4.78 is 21.9. The molecule has 3 aromatic rings. The van der Waals surface area contributed by atoms with Crippen molar-refractivity contribution >= 4 is 28.6 Å². The molecule has 1 N–H and O–H groups in total. The van der Waals surface area contributed by atoms with Crippen LogP contribution in [0.15, 0.2) is 52.5 Å². The van der Waals surface area contributed by atoms with Gasteiger partial charge in [0, 0.05) is 23.2 Å². The fraction of sp³-hybridized carbons (Fsp3) is 0.143. The number of nitrogens with zero attached hydrogens (tertiary/aromatic N) is 1. The van der Waals surface area contributed by atoms with Crippen LogP contribution in [-0.2, 0) is 4.79 Å². The van der Waals surface area contributed by atoms with Gasteiger partial charge in [-0.1, -0.05) is 12.1 Å². The number of ether oxygens (including phenoxy) is 3. The van der Waals surface area contributed by atoms with Crippen molar-refractivity contribution < 1.29 is 23.4 Å². The summed E-state index contributed by atoms with van der Waals surface area (Å²) in [5, 5.41) is 12.9. The van der Waals surface area contributed by atoms with Crippen LogP contribution in [0, 0.1) is 11.3 Å². The van der Waals surface area contributed by atoms with Crippen LogP contribution in [0.25, 0.3) is 17.0 Å². The van der Waals surface area contributed by atoms with E-state index >= 15 is 0 Å². The number of benzene rings is 2. The molecule has 1 amide bonds. The summed E-state index contributed by atoms with van der Waals surface area (Å²) in [6, 6.07) is 14.2. The van der Waals surface area contributed by atoms with Crippen molar-refractivity contribution in [1.29, 1.82) is 5.26 Å². The molecular weight excluding hydrogens is 360 g/mol. The average molecular weight is 376 g/mol. The Kier molecular flexibility index (Phi) is 4.60. The minimum Gasteiger partial charge on any atom is -0.493 e. The van der Waals surface area contributed by atoms with Crippen LogP contribution in [-0.4, -0.2) is 26.2 Å². The first-order valence-electron chi connectivity index (χ1n) is 8.57. The zero-order valence-corrected chi connectivity index (χ0v) is 15.0. The lowest BCUT2D eigenvalue weighted by Crippen LogP contribution is -2.17. The lowest BCUT2D eigenvalue weighted by Gasteiger charge is -2.18. The van der Waals surface area contributed by atoms with Gasteiger partial charge in [-0.05, 0) is 24.3 Å². The van der Waals surface area contributed by atoms with Gasteiger partial charge in [0.25, 0.3) is 5.91 Å². The molecule has 0 aliphatic carbocycles. The summed E-state index contributed by atoms with van der Waals surface area (Å²) in [4.78, 5) is 12.5. The SMILES string of the molecule is COc1cccc2cc(/C=C(\C#N)C(=O)Nc3ccc4c(c3)OCCO4)oc12. The van der Waals surface area contributed by atoms with Crippen molar-refractivity contribution in [3.05, 3.63) is 53.8 Å². The smallest absolute Gasteiger partial charge is 0.266 e. The number of carbonyl (C=O) groups is 1. The summed E-state index contributed by atoms with van der Waals surface area (Å²) in [7, 11) is 1.55. The quantitative estimate of drug-likeness (QED) is 0.550. The molecule has 7 nitrogen and oxygen atoms in total. The predicted molar refractivity (Wildman–Crippen MR) is 102 cm³/mol. The van der Waals surface area contributed by atoms with E-state index in [1.807, 2.05) is 18.2 Å². The third-order valence-electron chi connectivity index (χ3n) is 4.20. The van der Waals surface area contributed by atoms with Gasteiger partial charge in [0.1, 0.15) is 30.6 Å². The number of hydrogen-bond acceptors (Lipinski definition) is 6. The first kappa shape index (κ1) is 17.5. The Morgan fingerprint density at radius 3 is 2.79 bits per heavy atom. The lowest BCUT2D eigenvalue weighted by atomic mass is 10.2. The van der Waals surface area contributed by atoms with Gasteiger partial charge in [-0.15, -0.1) is 0 Å². The van der Waals surface area contributed by atoms with Crippen molar-refractivity contribution in [2.24, 2.45) is 0 Å². The Hall–Kier alpha value is -3.92. The van der Waals surface area contributed by atoms with Crippen LogP contribution in [0.5, 0.6) is 17.2 Å². The summed E-state index contributed by atoms with van der Waals surface area (Å²) in [6.07, 6.45) is 1.40. The van der Waals surface area contributed by atoms with E-state index in [2.05, 4.69) is 5.32 Å². The van der Waals surface area contributed by atoms with Crippen LogP contribution >= 0.6 is 0 Å². The number of furan rings is 1. The highest BCUT2D eigenvalue weighted by Crippen LogP contribution is 2.33. The number of para-hydroxylation sites is 1. The number of fused-ring (bicyclic) bond motifs is 2. The molecule has 0 spiro atoms. The maximum atomic E-state index is 12.5. The standard InChI is InChI=1S/C21H16N2O5/c1-25-18-4-2-3-13-9-16(28-20(13)18)10-14(12-22)21(24)23-15-5-6-17-19(11-15)27-8-7-26-17/h2-6,9-11H,7-8H2,1H3,(H,23,24)/b14-10+. The molecule has 0 saturated carbocycles. The van der Waals surface area contributed by atoms with Gasteiger partial charge in [0.2, 0.25) is 0 Å². The van der Waals surface area contributed by atoms with Crippen molar-refractivity contribution in [1.82, 2.24) is 0 Å². The Labute approximate surface area is 160 Å². The molecule has 2 heterocycles. The highest BCUT2D eigenvalue weighted by Gasteiger charge is 2.16. The Balaban J connectivity index is 1.58. The summed E-state index contributed by atoms with van der Waals surface area (Å²) in [5.41, 5.74) is 0.968. The molecule has 0 radical (unpaired) electrons. The number of carbonyl (C=O) groups excluding carboxylic acids is 1. The fourth-order valence-electron chi connectivity index (χ4n) is 2.90. The Morgan fingerprint density at radius 1 is 1.18 bits per heavy atom. The number of rotatable bonds is 4. The highest BCUT2D eigenvalue weighted by atomic mass is 16.6. The van der Waals surface area contributed by atoms with E-state index in [-0.39, 0.29) is 5.57 Å². The van der Waals surface area contributed by atoms with Gasteiger partial charge >= 0.3 is 0 Å². The first-order chi connectivity index (χ1) is 13.7. The van der Waals surface area contributed by atoms with E-state index in [0.717, 1.165) is 5.39 Å². The first-order valence-corrected chi connectivity index (χ1v) is 8.57. The van der Waals surface area contributed by atoms with Gasteiger partial charge in [-0.3, -0.25) is 4.79 Å². The predicted octanol–water partition coefficient (Wildman–Crippen LogP) is 3.76. The van der Waals surface area contributed by atoms with Crippen LogP contribution in [0.3, 0.4) is 0 Å². The average Bonchev–Trinajstić information content (AvgIpc) is 3.14. The molecule has 0 atom stereocenters. The van der Waals surface area contributed by atoms with Gasteiger partial charge in [-0.25, -0.2) is 0 Å². The number of amides is 1. The number of nitrogens with one attached hydrogen (secondary N) is 1. The summed E-state index contributed by atoms with van der Waals surface area (Å²) >= 11 is 0. The number of hydrogen-bond donors (Lipinski definition) is 1. The second kappa shape index (κ2) is 7.37. The highest BCUT2D eigenvalue weighted by molar-refractivity contribution is 6.09. The fourth-order valence-corrected chi connectivity index (χ4v) is 2.90. The van der Waals surface area contributed by atoms with Crippen LogP contribution in [0.4, 0.5) is 5.69 Å². The van der Waals surface area contributed by atoms with Crippen molar-refractivity contribution in [3.8, 4) is 23.3 Å². The number of nitriles is 1. The van der Waals surface area contributed by atoms with E-state index in [1.165, 1.54) is 6.08 Å². The summed E-state index contributed by atoms with van der Waals surface area (Å²) in [5.74, 6) is 1.59. The molecule has 2 aromatic carbocycles. The van der Waals surface area contributed by atoms with E-state index in [4.69, 9.17) is 18.6 Å². The minimum absolute atomic E-state index is 0.0899.